The molecule has 0 spiro atoms. The maximum absolute atomic E-state index is 2.40. The monoisotopic (exact) mass is 513 g/mol. The molecule has 0 saturated carbocycles. The van der Waals surface area contributed by atoms with Crippen LogP contribution in [0.25, 0.3) is 11.8 Å². The zero-order valence-electron chi connectivity index (χ0n) is 11.8. The van der Waals surface area contributed by atoms with Crippen molar-refractivity contribution in [3.63, 3.8) is 0 Å². The molecule has 0 N–H and O–H groups in total. The Morgan fingerprint density at radius 2 is 2.05 bits per heavy atom. The molecule has 1 heterocycles. The summed E-state index contributed by atoms with van der Waals surface area (Å²) in [4.78, 5) is 0. The van der Waals surface area contributed by atoms with Gasteiger partial charge in [-0.25, -0.2) is 0 Å². The minimum atomic E-state index is -0.863. The average molecular weight is 513 g/mol. The summed E-state index contributed by atoms with van der Waals surface area (Å²) in [7, 11) is 1.30. The van der Waals surface area contributed by atoms with Crippen LogP contribution in [0, 0.1) is 0 Å². The van der Waals surface area contributed by atoms with E-state index in [1.54, 1.807) is 8.89 Å². The van der Waals surface area contributed by atoms with Crippen molar-refractivity contribution in [2.45, 2.75) is 10.1 Å². The molecule has 2 aromatic rings. The summed E-state index contributed by atoms with van der Waals surface area (Å²) in [6, 6.07) is 8.94. The van der Waals surface area contributed by atoms with Crippen LogP contribution in [0.4, 0.5) is 0 Å². The van der Waals surface area contributed by atoms with Crippen molar-refractivity contribution in [3.05, 3.63) is 74.9 Å². The van der Waals surface area contributed by atoms with Gasteiger partial charge in [0.1, 0.15) is 0 Å². The number of benzene rings is 1. The number of aromatic nitrogens is 1. The second kappa shape index (κ2) is 7.93. The van der Waals surface area contributed by atoms with E-state index in [0.717, 1.165) is 0 Å². The summed E-state index contributed by atoms with van der Waals surface area (Å²) in [6.07, 6.45) is 12.7. The van der Waals surface area contributed by atoms with Gasteiger partial charge >= 0.3 is 132 Å². The maximum atomic E-state index is 2.40. The van der Waals surface area contributed by atoms with Crippen LogP contribution in [0.1, 0.15) is 21.2 Å². The summed E-state index contributed by atoms with van der Waals surface area (Å²) in [6.45, 7) is 0. The smallest absolute Gasteiger partial charge is 1.00 e. The Hall–Kier alpha value is -0.400. The van der Waals surface area contributed by atoms with Gasteiger partial charge < -0.3 is 24.8 Å². The van der Waals surface area contributed by atoms with Gasteiger partial charge in [-0.2, -0.15) is 0 Å². The molecule has 1 aromatic heterocycles. The largest absolute Gasteiger partial charge is 1.00 e. The molecular formula is C17H14Cl2HfNP. The van der Waals surface area contributed by atoms with E-state index >= 15 is 0 Å². The van der Waals surface area contributed by atoms with Gasteiger partial charge in [-0.3, -0.25) is 0 Å². The Morgan fingerprint density at radius 1 is 1.18 bits per heavy atom. The molecule has 2 aliphatic carbocycles. The van der Waals surface area contributed by atoms with E-state index in [9.17, 15) is 0 Å². The number of hydrogen-bond acceptors (Lipinski definition) is 0. The van der Waals surface area contributed by atoms with Crippen molar-refractivity contribution in [3.8, 4) is 0 Å². The predicted octanol–water partition coefficient (Wildman–Crippen LogP) is -0.945. The molecule has 2 aliphatic rings. The van der Waals surface area contributed by atoms with Gasteiger partial charge in [0, 0.05) is 0 Å². The normalized spacial score (nSPS) is 18.1. The Morgan fingerprint density at radius 3 is 2.77 bits per heavy atom. The van der Waals surface area contributed by atoms with Gasteiger partial charge in [0.05, 0.1) is 0 Å². The van der Waals surface area contributed by atoms with Crippen LogP contribution in [-0.4, -0.2) is 4.57 Å². The summed E-state index contributed by atoms with van der Waals surface area (Å²) in [5.41, 5.74) is 4.49. The molecule has 110 valence electrons. The fourth-order valence-corrected chi connectivity index (χ4v) is 9.23. The number of fused-ring (bicyclic) bond motifs is 1. The third-order valence-corrected chi connectivity index (χ3v) is 10.4. The zero-order valence-corrected chi connectivity index (χ0v) is 17.8. The standard InChI is InChI=1S/C12H9NP.C5H5.2ClH.Hf/c1-2-4-11-8-12(7-10(11)3-1)13-5-6-14-9-13;1-2-4-5-3-1;;;/h1-9H;1-3H,4H2;2*1H;/q;;;;+2/p-2. The van der Waals surface area contributed by atoms with Crippen LogP contribution < -0.4 is 24.8 Å². The number of allylic oxidation sites excluding steroid dienone is 5. The topological polar surface area (TPSA) is 4.93 Å². The number of halogens is 2. The van der Waals surface area contributed by atoms with Crippen molar-refractivity contribution >= 4 is 20.0 Å². The van der Waals surface area contributed by atoms with E-state index in [1.807, 2.05) is 0 Å². The molecule has 0 fully saturated rings. The van der Waals surface area contributed by atoms with Gasteiger partial charge in [-0.1, -0.05) is 0 Å². The quantitative estimate of drug-likeness (QED) is 0.468. The van der Waals surface area contributed by atoms with E-state index in [2.05, 4.69) is 71.1 Å². The van der Waals surface area contributed by atoms with Crippen LogP contribution in [0.5, 0.6) is 0 Å². The third-order valence-electron chi connectivity index (χ3n) is 3.81. The van der Waals surface area contributed by atoms with E-state index < -0.39 is 22.9 Å². The van der Waals surface area contributed by atoms with Gasteiger partial charge in [0.25, 0.3) is 0 Å². The molecule has 5 heteroatoms. The minimum absolute atomic E-state index is 0. The molecule has 0 amide bonds. The van der Waals surface area contributed by atoms with Gasteiger partial charge in [0.15, 0.2) is 0 Å². The molecule has 22 heavy (non-hydrogen) atoms. The van der Waals surface area contributed by atoms with Crippen LogP contribution >= 0.6 is 8.19 Å². The molecule has 0 radical (unpaired) electrons. The second-order valence-corrected chi connectivity index (χ2v) is 11.3. The minimum Gasteiger partial charge on any atom is -1.00 e. The molecular weight excluding hydrogens is 499 g/mol. The summed E-state index contributed by atoms with van der Waals surface area (Å²) in [5.74, 6) is 4.49. The molecule has 0 bridgehead atoms. The first-order valence-corrected chi connectivity index (χ1v) is 11.7. The van der Waals surface area contributed by atoms with Crippen LogP contribution in [0.2, 0.25) is 0 Å². The first-order chi connectivity index (χ1) is 9.92. The second-order valence-electron chi connectivity index (χ2n) is 5.07. The van der Waals surface area contributed by atoms with Crippen molar-refractivity contribution in [1.29, 1.82) is 0 Å². The summed E-state index contributed by atoms with van der Waals surface area (Å²) in [5, 5.41) is 0. The van der Waals surface area contributed by atoms with Gasteiger partial charge in [-0.05, 0) is 0 Å². The molecule has 1 unspecified atom stereocenters. The van der Waals surface area contributed by atoms with Crippen molar-refractivity contribution in [1.82, 2.24) is 4.57 Å². The van der Waals surface area contributed by atoms with Crippen LogP contribution in [-0.2, 0) is 22.9 Å². The van der Waals surface area contributed by atoms with Gasteiger partial charge in [-0.15, -0.1) is 0 Å². The summed E-state index contributed by atoms with van der Waals surface area (Å²) < 4.78 is 4.77. The molecule has 1 nitrogen and oxygen atoms in total. The fraction of sp³-hybridized carbons (Fsp3) is 0.118. The zero-order chi connectivity index (χ0) is 13.4. The molecule has 1 aromatic carbocycles. The molecule has 1 atom stereocenters. The van der Waals surface area contributed by atoms with Crippen molar-refractivity contribution in [2.75, 3.05) is 0 Å². The SMILES string of the molecule is C1=CC[C]([Hf+2][CH]2C(n3ccpc3)=Cc3ccccc32)=C1.[Cl-].[Cl-]. The number of rotatable bonds is 3. The van der Waals surface area contributed by atoms with Crippen LogP contribution in [0.3, 0.4) is 0 Å². The first-order valence-electron chi connectivity index (χ1n) is 6.83. The Balaban J connectivity index is 0.000000882. The van der Waals surface area contributed by atoms with E-state index in [-0.39, 0.29) is 24.8 Å². The molecule has 0 saturated heterocycles. The summed E-state index contributed by atoms with van der Waals surface area (Å²) >= 11 is -0.863. The predicted molar refractivity (Wildman–Crippen MR) is 82.1 cm³/mol. The number of hydrogen-bond donors (Lipinski definition) is 0. The number of nitrogens with zero attached hydrogens (tertiary/aromatic N) is 1. The van der Waals surface area contributed by atoms with Gasteiger partial charge in [0.2, 0.25) is 0 Å². The first kappa shape index (κ1) is 17.9. The van der Waals surface area contributed by atoms with E-state index in [0.29, 0.717) is 3.67 Å². The Labute approximate surface area is 156 Å². The Bertz CT molecular complexity index is 735. The molecule has 0 aliphatic heterocycles. The Kier molecular flexibility index (Phi) is 6.46. The molecule has 4 rings (SSSR count). The average Bonchev–Trinajstić information content (AvgIpc) is 3.19. The van der Waals surface area contributed by atoms with Crippen molar-refractivity contribution in [2.24, 2.45) is 0 Å². The van der Waals surface area contributed by atoms with Crippen molar-refractivity contribution < 1.29 is 47.7 Å². The van der Waals surface area contributed by atoms with E-state index in [1.165, 1.54) is 25.9 Å². The van der Waals surface area contributed by atoms with E-state index in [4.69, 9.17) is 0 Å². The fourth-order valence-electron chi connectivity index (χ4n) is 2.83. The maximum Gasteiger partial charge on any atom is -1.00 e. The third kappa shape index (κ3) is 3.41. The van der Waals surface area contributed by atoms with Crippen LogP contribution in [0.15, 0.2) is 63.7 Å².